The van der Waals surface area contributed by atoms with E-state index in [1.807, 2.05) is 0 Å². The van der Waals surface area contributed by atoms with Gasteiger partial charge in [0.05, 0.1) is 0 Å². The molecule has 1 N–H and O–H groups in total. The van der Waals surface area contributed by atoms with Crippen LogP contribution in [-0.2, 0) is 5.41 Å². The van der Waals surface area contributed by atoms with E-state index in [4.69, 9.17) is 0 Å². The molecule has 1 spiro atoms. The van der Waals surface area contributed by atoms with E-state index in [9.17, 15) is 0 Å². The van der Waals surface area contributed by atoms with Crippen molar-refractivity contribution >= 4 is 11.4 Å². The first-order valence-electron chi connectivity index (χ1n) is 15.1. The molecule has 0 amide bonds. The van der Waals surface area contributed by atoms with Gasteiger partial charge in [0, 0.05) is 16.8 Å². The lowest BCUT2D eigenvalue weighted by Gasteiger charge is -2.44. The normalized spacial score (nSPS) is 26.7. The molecule has 0 heterocycles. The van der Waals surface area contributed by atoms with Crippen molar-refractivity contribution in [1.82, 2.24) is 0 Å². The number of fused-ring (bicyclic) bond motifs is 3. The molecule has 5 aliphatic carbocycles. The first-order valence-corrected chi connectivity index (χ1v) is 15.1. The van der Waals surface area contributed by atoms with Gasteiger partial charge in [0.1, 0.15) is 0 Å². The highest BCUT2D eigenvalue weighted by Crippen LogP contribution is 2.73. The Morgan fingerprint density at radius 3 is 1.98 bits per heavy atom. The molecule has 4 bridgehead atoms. The van der Waals surface area contributed by atoms with E-state index in [-0.39, 0.29) is 5.41 Å². The molecule has 4 fully saturated rings. The molecule has 0 aromatic heterocycles. The molecule has 5 aromatic rings. The van der Waals surface area contributed by atoms with Crippen molar-refractivity contribution in [3.05, 3.63) is 132 Å². The van der Waals surface area contributed by atoms with Crippen LogP contribution < -0.4 is 5.32 Å². The highest BCUT2D eigenvalue weighted by Gasteiger charge is 2.66. The minimum absolute atomic E-state index is 0.182. The van der Waals surface area contributed by atoms with Crippen molar-refractivity contribution in [3.8, 4) is 33.4 Å². The van der Waals surface area contributed by atoms with Crippen molar-refractivity contribution < 1.29 is 0 Å². The smallest absolute Gasteiger partial charge is 0.0432 e. The molecule has 1 heteroatoms. The Bertz CT molecular complexity index is 1750. The molecular weight excluding hydrogens is 482 g/mol. The van der Waals surface area contributed by atoms with E-state index in [0.717, 1.165) is 29.4 Å². The maximum absolute atomic E-state index is 3.93. The van der Waals surface area contributed by atoms with Gasteiger partial charge in [-0.3, -0.25) is 0 Å². The monoisotopic (exact) mass is 515 g/mol. The summed E-state index contributed by atoms with van der Waals surface area (Å²) in [5.74, 6) is 3.43. The minimum Gasteiger partial charge on any atom is -0.355 e. The molecular formula is C39H33N. The first-order chi connectivity index (χ1) is 19.8. The maximum atomic E-state index is 3.93. The zero-order chi connectivity index (χ0) is 26.3. The Morgan fingerprint density at radius 1 is 0.525 bits per heavy atom. The molecule has 5 atom stereocenters. The van der Waals surface area contributed by atoms with E-state index < -0.39 is 0 Å². The van der Waals surface area contributed by atoms with Gasteiger partial charge in [-0.05, 0) is 112 Å². The number of rotatable bonds is 4. The third-order valence-corrected chi connectivity index (χ3v) is 10.9. The van der Waals surface area contributed by atoms with Gasteiger partial charge in [-0.1, -0.05) is 103 Å². The summed E-state index contributed by atoms with van der Waals surface area (Å²) in [7, 11) is 0. The van der Waals surface area contributed by atoms with Crippen molar-refractivity contribution in [2.75, 3.05) is 5.32 Å². The molecule has 1 nitrogen and oxygen atoms in total. The number of hydrogen-bond donors (Lipinski definition) is 1. The Kier molecular flexibility index (Phi) is 4.79. The number of hydrogen-bond acceptors (Lipinski definition) is 1. The molecule has 5 unspecified atom stereocenters. The quantitative estimate of drug-likeness (QED) is 0.251. The molecule has 0 aliphatic heterocycles. The van der Waals surface area contributed by atoms with Crippen LogP contribution in [0.2, 0.25) is 0 Å². The molecule has 5 aromatic carbocycles. The molecule has 0 radical (unpaired) electrons. The van der Waals surface area contributed by atoms with Gasteiger partial charge in [-0.2, -0.15) is 0 Å². The van der Waals surface area contributed by atoms with E-state index in [1.165, 1.54) is 64.8 Å². The third kappa shape index (κ3) is 3.04. The standard InChI is InChI=1S/C39H33N/c1-2-9-26(10-3-1)31-11-4-5-12-32(31)27-17-19-30(20-18-27)40-37-16-8-14-34-33-13-6-7-15-35(33)39(38(34)37)29-22-25-21-28(24-29)36(39)23-25/h1-20,25,28-29,36,40H,21-24H2. The Labute approximate surface area is 236 Å². The van der Waals surface area contributed by atoms with Crippen molar-refractivity contribution in [2.45, 2.75) is 31.1 Å². The maximum Gasteiger partial charge on any atom is 0.0432 e. The second-order valence-corrected chi connectivity index (χ2v) is 12.6. The predicted molar refractivity (Wildman–Crippen MR) is 166 cm³/mol. The number of benzene rings is 5. The third-order valence-electron chi connectivity index (χ3n) is 10.9. The van der Waals surface area contributed by atoms with Crippen LogP contribution in [0.4, 0.5) is 11.4 Å². The van der Waals surface area contributed by atoms with E-state index in [2.05, 4.69) is 127 Å². The van der Waals surface area contributed by atoms with Gasteiger partial charge in [-0.15, -0.1) is 0 Å². The number of nitrogens with one attached hydrogen (secondary N) is 1. The zero-order valence-corrected chi connectivity index (χ0v) is 22.7. The lowest BCUT2D eigenvalue weighted by molar-refractivity contribution is 0.191. The Hall–Kier alpha value is -4.10. The van der Waals surface area contributed by atoms with Gasteiger partial charge in [0.25, 0.3) is 0 Å². The van der Waals surface area contributed by atoms with Crippen LogP contribution in [0.3, 0.4) is 0 Å². The average molecular weight is 516 g/mol. The van der Waals surface area contributed by atoms with Gasteiger partial charge in [-0.25, -0.2) is 0 Å². The van der Waals surface area contributed by atoms with Crippen molar-refractivity contribution in [1.29, 1.82) is 0 Å². The first kappa shape index (κ1) is 22.7. The summed E-state index contributed by atoms with van der Waals surface area (Å²) in [5, 5.41) is 3.93. The van der Waals surface area contributed by atoms with Crippen LogP contribution >= 0.6 is 0 Å². The van der Waals surface area contributed by atoms with E-state index >= 15 is 0 Å². The molecule has 5 aliphatic rings. The fourth-order valence-electron chi connectivity index (χ4n) is 9.63. The molecule has 40 heavy (non-hydrogen) atoms. The Balaban J connectivity index is 1.12. The van der Waals surface area contributed by atoms with E-state index in [0.29, 0.717) is 0 Å². The van der Waals surface area contributed by atoms with Crippen LogP contribution in [0.5, 0.6) is 0 Å². The summed E-state index contributed by atoms with van der Waals surface area (Å²) < 4.78 is 0. The van der Waals surface area contributed by atoms with Crippen LogP contribution in [0.1, 0.15) is 36.8 Å². The summed E-state index contributed by atoms with van der Waals surface area (Å²) in [6.45, 7) is 0. The van der Waals surface area contributed by atoms with Gasteiger partial charge in [0.15, 0.2) is 0 Å². The molecule has 4 saturated carbocycles. The lowest BCUT2D eigenvalue weighted by atomic mass is 9.59. The molecule has 194 valence electrons. The van der Waals surface area contributed by atoms with E-state index in [1.54, 1.807) is 11.1 Å². The van der Waals surface area contributed by atoms with Crippen molar-refractivity contribution in [3.63, 3.8) is 0 Å². The summed E-state index contributed by atoms with van der Waals surface area (Å²) >= 11 is 0. The van der Waals surface area contributed by atoms with Gasteiger partial charge in [0.2, 0.25) is 0 Å². The minimum atomic E-state index is 0.182. The van der Waals surface area contributed by atoms with Crippen LogP contribution in [0.25, 0.3) is 33.4 Å². The fraction of sp³-hybridized carbons (Fsp3) is 0.231. The zero-order valence-electron chi connectivity index (χ0n) is 22.7. The topological polar surface area (TPSA) is 12.0 Å². The largest absolute Gasteiger partial charge is 0.355 e. The molecule has 10 rings (SSSR count). The van der Waals surface area contributed by atoms with Crippen molar-refractivity contribution in [2.24, 2.45) is 23.7 Å². The average Bonchev–Trinajstić information content (AvgIpc) is 3.56. The fourth-order valence-corrected chi connectivity index (χ4v) is 9.63. The van der Waals surface area contributed by atoms with Gasteiger partial charge < -0.3 is 5.32 Å². The second kappa shape index (κ2) is 8.45. The summed E-state index contributed by atoms with van der Waals surface area (Å²) in [6, 6.07) is 44.8. The van der Waals surface area contributed by atoms with Crippen LogP contribution in [-0.4, -0.2) is 0 Å². The van der Waals surface area contributed by atoms with Gasteiger partial charge >= 0.3 is 0 Å². The second-order valence-electron chi connectivity index (χ2n) is 12.6. The number of anilines is 2. The lowest BCUT2D eigenvalue weighted by Crippen LogP contribution is -2.40. The van der Waals surface area contributed by atoms with Crippen LogP contribution in [0, 0.1) is 23.7 Å². The summed E-state index contributed by atoms with van der Waals surface area (Å²) in [5.41, 5.74) is 13.8. The SMILES string of the molecule is c1ccc(-c2ccccc2-c2ccc(Nc3cccc4c3C3(c5ccccc5-4)C4CC5CC(C4)C3C5)cc2)cc1. The highest BCUT2D eigenvalue weighted by atomic mass is 14.9. The predicted octanol–water partition coefficient (Wildman–Crippen LogP) is 10.1. The summed E-state index contributed by atoms with van der Waals surface area (Å²) in [6.07, 6.45) is 5.70. The van der Waals surface area contributed by atoms with Crippen LogP contribution in [0.15, 0.2) is 121 Å². The Morgan fingerprint density at radius 2 is 1.20 bits per heavy atom. The summed E-state index contributed by atoms with van der Waals surface area (Å²) in [4.78, 5) is 0. The molecule has 0 saturated heterocycles. The highest BCUT2D eigenvalue weighted by molar-refractivity contribution is 5.89.